The van der Waals surface area contributed by atoms with Gasteiger partial charge in [-0.1, -0.05) is 27.2 Å². The molecule has 0 amide bonds. The van der Waals surface area contributed by atoms with E-state index < -0.39 is 0 Å². The number of hydrogen-bond donors (Lipinski definition) is 0. The zero-order valence-electron chi connectivity index (χ0n) is 8.72. The summed E-state index contributed by atoms with van der Waals surface area (Å²) in [7, 11) is 2.23. The van der Waals surface area contributed by atoms with Gasteiger partial charge in [0, 0.05) is 11.8 Å². The Morgan fingerprint density at radius 1 is 1.50 bits per heavy atom. The van der Waals surface area contributed by atoms with Crippen molar-refractivity contribution in [2.24, 2.45) is 10.8 Å². The number of rotatable bonds is 2. The van der Waals surface area contributed by atoms with E-state index in [-0.39, 0.29) is 0 Å². The summed E-state index contributed by atoms with van der Waals surface area (Å²) < 4.78 is 2.44. The van der Waals surface area contributed by atoms with Gasteiger partial charge in [-0.2, -0.15) is 0 Å². The highest BCUT2D eigenvalue weighted by Gasteiger charge is 2.78. The van der Waals surface area contributed by atoms with Crippen molar-refractivity contribution in [1.29, 1.82) is 0 Å². The molecule has 0 aromatic rings. The molecule has 1 saturated carbocycles. The molecule has 0 radical (unpaired) electrons. The van der Waals surface area contributed by atoms with Crippen LogP contribution in [0.2, 0.25) is 0 Å². The second kappa shape index (κ2) is 2.12. The van der Waals surface area contributed by atoms with Gasteiger partial charge in [-0.3, -0.25) is 0 Å². The molecule has 2 aliphatic rings. The van der Waals surface area contributed by atoms with E-state index in [9.17, 15) is 0 Å². The molecule has 0 N–H and O–H groups in total. The summed E-state index contributed by atoms with van der Waals surface area (Å²) in [4.78, 5) is 0. The first-order valence-electron chi connectivity index (χ1n) is 5.11. The van der Waals surface area contributed by atoms with Crippen molar-refractivity contribution in [2.45, 2.75) is 46.1 Å². The predicted molar refractivity (Wildman–Crippen MR) is 51.8 cm³/mol. The van der Waals surface area contributed by atoms with Gasteiger partial charge < -0.3 is 0 Å². The van der Waals surface area contributed by atoms with E-state index >= 15 is 0 Å². The third kappa shape index (κ3) is 0.681. The molecule has 2 atom stereocenters. The summed E-state index contributed by atoms with van der Waals surface area (Å²) in [5.41, 5.74) is 1.23. The quantitative estimate of drug-likeness (QED) is 0.554. The molecule has 2 unspecified atom stereocenters. The van der Waals surface area contributed by atoms with Gasteiger partial charge in [0.05, 0.1) is 5.41 Å². The molecule has 1 nitrogen and oxygen atoms in total. The molecule has 0 bridgehead atoms. The van der Waals surface area contributed by atoms with Gasteiger partial charge >= 0.3 is 0 Å². The van der Waals surface area contributed by atoms with Crippen LogP contribution in [0.1, 0.15) is 40.0 Å². The van der Waals surface area contributed by atoms with Gasteiger partial charge in [-0.05, 0) is 6.42 Å². The van der Waals surface area contributed by atoms with Crippen LogP contribution in [0.5, 0.6) is 0 Å². The van der Waals surface area contributed by atoms with Crippen LogP contribution in [0.3, 0.4) is 0 Å². The first-order valence-corrected chi connectivity index (χ1v) is 5.11. The van der Waals surface area contributed by atoms with Gasteiger partial charge in [-0.15, -0.1) is 0 Å². The monoisotopic (exact) mass is 166 g/mol. The molecule has 0 spiro atoms. The van der Waals surface area contributed by atoms with Gasteiger partial charge in [0.15, 0.2) is 6.04 Å². The minimum atomic E-state index is 0.576. The van der Waals surface area contributed by atoms with E-state index in [1.807, 2.05) is 0 Å². The van der Waals surface area contributed by atoms with Gasteiger partial charge in [0.1, 0.15) is 13.3 Å². The van der Waals surface area contributed by atoms with Gasteiger partial charge in [0.25, 0.3) is 0 Å². The van der Waals surface area contributed by atoms with Crippen molar-refractivity contribution in [3.63, 3.8) is 0 Å². The Kier molecular flexibility index (Phi) is 1.47. The van der Waals surface area contributed by atoms with Crippen molar-refractivity contribution in [2.75, 3.05) is 7.05 Å². The fourth-order valence-corrected chi connectivity index (χ4v) is 3.61. The maximum atomic E-state index is 2.44. The smallest absolute Gasteiger partial charge is 0.164 e. The van der Waals surface area contributed by atoms with E-state index in [1.54, 1.807) is 0 Å². The summed E-state index contributed by atoms with van der Waals surface area (Å²) >= 11 is 0. The van der Waals surface area contributed by atoms with Crippen molar-refractivity contribution in [3.8, 4) is 0 Å². The maximum Gasteiger partial charge on any atom is 0.164 e. The van der Waals surface area contributed by atoms with Crippen LogP contribution in [-0.2, 0) is 0 Å². The fraction of sp³-hybridized carbons (Fsp3) is 0.909. The molecule has 1 aliphatic carbocycles. The average Bonchev–Trinajstić information content (AvgIpc) is 2.33. The number of nitrogens with zero attached hydrogens (tertiary/aromatic N) is 1. The topological polar surface area (TPSA) is 3.01 Å². The molecular weight excluding hydrogens is 146 g/mol. The molecule has 12 heavy (non-hydrogen) atoms. The Hall–Kier alpha value is -0.330. The molecule has 1 heteroatoms. The predicted octanol–water partition coefficient (Wildman–Crippen LogP) is 2.30. The largest absolute Gasteiger partial charge is 0.238 e. The second-order valence-electron chi connectivity index (χ2n) is 5.08. The van der Waals surface area contributed by atoms with Crippen LogP contribution in [-0.4, -0.2) is 23.9 Å². The maximum absolute atomic E-state index is 2.44. The summed E-state index contributed by atoms with van der Waals surface area (Å²) in [5.74, 6) is 0. The van der Waals surface area contributed by atoms with E-state index in [4.69, 9.17) is 0 Å². The Morgan fingerprint density at radius 2 is 2.17 bits per heavy atom. The lowest BCUT2D eigenvalue weighted by Gasteiger charge is -2.11. The number of fused-ring (bicyclic) bond motifs is 1. The minimum absolute atomic E-state index is 0.576. The van der Waals surface area contributed by atoms with E-state index in [0.717, 1.165) is 6.04 Å². The molecular formula is C11H20N+. The van der Waals surface area contributed by atoms with Crippen molar-refractivity contribution < 1.29 is 4.58 Å². The van der Waals surface area contributed by atoms with Gasteiger partial charge in [-0.25, -0.2) is 4.58 Å². The van der Waals surface area contributed by atoms with E-state index in [0.29, 0.717) is 10.8 Å². The van der Waals surface area contributed by atoms with Crippen LogP contribution in [0.4, 0.5) is 0 Å². The van der Waals surface area contributed by atoms with E-state index in [1.165, 1.54) is 19.3 Å². The average molecular weight is 166 g/mol. The lowest BCUT2D eigenvalue weighted by molar-refractivity contribution is -0.513. The Bertz CT molecular complexity index is 239. The number of hydrogen-bond acceptors (Lipinski definition) is 0. The molecule has 0 aromatic heterocycles. The molecule has 68 valence electrons. The van der Waals surface area contributed by atoms with Crippen molar-refractivity contribution in [3.05, 3.63) is 0 Å². The molecule has 1 fully saturated rings. The van der Waals surface area contributed by atoms with Crippen LogP contribution in [0.25, 0.3) is 0 Å². The lowest BCUT2D eigenvalue weighted by atomic mass is 9.89. The molecule has 1 aliphatic heterocycles. The first kappa shape index (κ1) is 8.28. The summed E-state index contributed by atoms with van der Waals surface area (Å²) in [6.07, 6.45) is 6.44. The van der Waals surface area contributed by atoms with Crippen LogP contribution in [0, 0.1) is 10.8 Å². The van der Waals surface area contributed by atoms with Crippen molar-refractivity contribution in [1.82, 2.24) is 0 Å². The fourth-order valence-electron chi connectivity index (χ4n) is 3.61. The van der Waals surface area contributed by atoms with Crippen LogP contribution >= 0.6 is 0 Å². The zero-order valence-corrected chi connectivity index (χ0v) is 8.72. The minimum Gasteiger partial charge on any atom is -0.238 e. The molecule has 0 saturated heterocycles. The van der Waals surface area contributed by atoms with Crippen LogP contribution in [0.15, 0.2) is 0 Å². The molecule has 0 aromatic carbocycles. The second-order valence-corrected chi connectivity index (χ2v) is 5.08. The Labute approximate surface area is 75.5 Å². The molecule has 2 rings (SSSR count). The van der Waals surface area contributed by atoms with E-state index in [2.05, 4.69) is 38.6 Å². The summed E-state index contributed by atoms with van der Waals surface area (Å²) in [5, 5.41) is 0. The highest BCUT2D eigenvalue weighted by Crippen LogP contribution is 2.70. The standard InChI is InChI=1S/C11H20N/c1-5-6-11-7-8-12(4)9(11)10(11,2)3/h8-9H,5-7H2,1-4H3/q+1. The Balaban J connectivity index is 2.22. The normalized spacial score (nSPS) is 42.3. The SMILES string of the molecule is CCCC12CC=[N+](C)C1C2(C)C. The van der Waals surface area contributed by atoms with Gasteiger partial charge in [0.2, 0.25) is 0 Å². The summed E-state index contributed by atoms with van der Waals surface area (Å²) in [6, 6.07) is 0.838. The highest BCUT2D eigenvalue weighted by atomic mass is 15.1. The van der Waals surface area contributed by atoms with Crippen molar-refractivity contribution >= 4 is 6.21 Å². The Morgan fingerprint density at radius 3 is 2.58 bits per heavy atom. The first-order chi connectivity index (χ1) is 5.56. The zero-order chi connectivity index (χ0) is 8.98. The lowest BCUT2D eigenvalue weighted by Crippen LogP contribution is -2.12. The third-order valence-electron chi connectivity index (χ3n) is 4.25. The summed E-state index contributed by atoms with van der Waals surface area (Å²) in [6.45, 7) is 7.16. The third-order valence-corrected chi connectivity index (χ3v) is 4.25. The van der Waals surface area contributed by atoms with Crippen LogP contribution < -0.4 is 0 Å². The molecule has 1 heterocycles. The highest BCUT2D eigenvalue weighted by molar-refractivity contribution is 5.59.